The Hall–Kier alpha value is -2.48. The number of imidazole rings is 1. The molecule has 1 aliphatic rings. The van der Waals surface area contributed by atoms with E-state index >= 15 is 0 Å². The van der Waals surface area contributed by atoms with Gasteiger partial charge >= 0.3 is 6.18 Å². The first-order valence-corrected chi connectivity index (χ1v) is 12.8. The van der Waals surface area contributed by atoms with Gasteiger partial charge in [0, 0.05) is 28.6 Å². The molecule has 1 unspecified atom stereocenters. The van der Waals surface area contributed by atoms with Gasteiger partial charge in [0.15, 0.2) is 0 Å². The molecule has 0 saturated carbocycles. The molecule has 0 saturated heterocycles. The van der Waals surface area contributed by atoms with Crippen LogP contribution in [0, 0.1) is 0 Å². The van der Waals surface area contributed by atoms with Crippen molar-refractivity contribution in [1.29, 1.82) is 0 Å². The van der Waals surface area contributed by atoms with E-state index in [1.54, 1.807) is 36.4 Å². The summed E-state index contributed by atoms with van der Waals surface area (Å²) in [6, 6.07) is 11.4. The van der Waals surface area contributed by atoms with Crippen LogP contribution in [-0.4, -0.2) is 26.2 Å². The van der Waals surface area contributed by atoms with Crippen molar-refractivity contribution in [3.05, 3.63) is 100 Å². The lowest BCUT2D eigenvalue weighted by Crippen LogP contribution is -2.16. The number of hydrogen-bond acceptors (Lipinski definition) is 3. The number of rotatable bonds is 6. The van der Waals surface area contributed by atoms with Crippen LogP contribution in [0.25, 0.3) is 11.3 Å². The normalized spacial score (nSPS) is 16.5. The zero-order valence-corrected chi connectivity index (χ0v) is 21.2. The molecule has 184 valence electrons. The Morgan fingerprint density at radius 3 is 2.49 bits per heavy atom. The Bertz CT molecular complexity index is 1270. The van der Waals surface area contributed by atoms with Gasteiger partial charge in [0.1, 0.15) is 11.4 Å². The van der Waals surface area contributed by atoms with Gasteiger partial charge in [-0.3, -0.25) is 0 Å². The molecule has 0 spiro atoms. The van der Waals surface area contributed by atoms with Crippen LogP contribution in [0.2, 0.25) is 5.02 Å². The number of aromatic nitrogens is 2. The second-order valence-electron chi connectivity index (χ2n) is 9.05. The van der Waals surface area contributed by atoms with Gasteiger partial charge in [-0.1, -0.05) is 42.0 Å². The molecule has 1 N–H and O–H groups in total. The van der Waals surface area contributed by atoms with Crippen molar-refractivity contribution in [2.75, 3.05) is 6.26 Å². The van der Waals surface area contributed by atoms with Crippen molar-refractivity contribution in [2.45, 2.75) is 43.7 Å². The fourth-order valence-corrected chi connectivity index (χ4v) is 4.87. The molecule has 1 atom stereocenters. The van der Waals surface area contributed by atoms with Crippen LogP contribution in [-0.2, 0) is 18.2 Å². The molecule has 0 aliphatic heterocycles. The molecular weight excluding hydrogens is 493 g/mol. The lowest BCUT2D eigenvalue weighted by molar-refractivity contribution is -0.138. The van der Waals surface area contributed by atoms with Crippen molar-refractivity contribution < 1.29 is 18.3 Å². The maximum Gasteiger partial charge on any atom is 0.416 e. The van der Waals surface area contributed by atoms with Crippen molar-refractivity contribution in [3.8, 4) is 5.69 Å². The SMILES string of the molecule is CSC1C=CC=C(c2ccc(-n3cc(C(C)(C)O)nc3Cc3cc(Cl)ccc3C(F)(F)F)cc2)C1. The quantitative estimate of drug-likeness (QED) is 0.368. The molecule has 0 fully saturated rings. The van der Waals surface area contributed by atoms with Gasteiger partial charge in [0.25, 0.3) is 0 Å². The first-order valence-electron chi connectivity index (χ1n) is 11.1. The van der Waals surface area contributed by atoms with Gasteiger partial charge in [0.2, 0.25) is 0 Å². The highest BCUT2D eigenvalue weighted by atomic mass is 35.5. The minimum atomic E-state index is -4.52. The van der Waals surface area contributed by atoms with Crippen LogP contribution in [0.1, 0.15) is 48.5 Å². The molecule has 0 bridgehead atoms. The van der Waals surface area contributed by atoms with E-state index in [2.05, 4.69) is 29.5 Å². The summed E-state index contributed by atoms with van der Waals surface area (Å²) in [5, 5.41) is 11.2. The molecule has 4 rings (SSSR count). The van der Waals surface area contributed by atoms with E-state index in [1.807, 2.05) is 24.3 Å². The van der Waals surface area contributed by atoms with Crippen LogP contribution in [0.15, 0.2) is 66.9 Å². The number of hydrogen-bond donors (Lipinski definition) is 1. The lowest BCUT2D eigenvalue weighted by Gasteiger charge is -2.17. The fraction of sp³-hybridized carbons (Fsp3) is 0.296. The van der Waals surface area contributed by atoms with Crippen molar-refractivity contribution in [3.63, 3.8) is 0 Å². The lowest BCUT2D eigenvalue weighted by atomic mass is 9.97. The molecule has 3 aromatic rings. The van der Waals surface area contributed by atoms with Crippen LogP contribution >= 0.6 is 23.4 Å². The third kappa shape index (κ3) is 5.85. The largest absolute Gasteiger partial charge is 0.416 e. The van der Waals surface area contributed by atoms with E-state index in [1.165, 1.54) is 17.7 Å². The number of thioether (sulfide) groups is 1. The topological polar surface area (TPSA) is 38.0 Å². The zero-order valence-electron chi connectivity index (χ0n) is 19.6. The number of allylic oxidation sites excluding steroid dienone is 3. The summed E-state index contributed by atoms with van der Waals surface area (Å²) in [5.74, 6) is 0.380. The molecule has 8 heteroatoms. The van der Waals surface area contributed by atoms with Gasteiger partial charge in [-0.25, -0.2) is 4.98 Å². The van der Waals surface area contributed by atoms with Crippen LogP contribution in [0.5, 0.6) is 0 Å². The summed E-state index contributed by atoms with van der Waals surface area (Å²) >= 11 is 7.84. The van der Waals surface area contributed by atoms with Crippen molar-refractivity contribution in [2.24, 2.45) is 0 Å². The third-order valence-corrected chi connectivity index (χ3v) is 7.15. The van der Waals surface area contributed by atoms with E-state index in [-0.39, 0.29) is 17.0 Å². The number of alkyl halides is 3. The van der Waals surface area contributed by atoms with E-state index < -0.39 is 17.3 Å². The average Bonchev–Trinajstić information content (AvgIpc) is 3.23. The van der Waals surface area contributed by atoms with Gasteiger partial charge in [-0.15, -0.1) is 0 Å². The number of aliphatic hydroxyl groups is 1. The molecule has 0 radical (unpaired) electrons. The first-order chi connectivity index (χ1) is 16.5. The Kier molecular flexibility index (Phi) is 7.23. The highest BCUT2D eigenvalue weighted by molar-refractivity contribution is 7.99. The van der Waals surface area contributed by atoms with E-state index in [4.69, 9.17) is 11.6 Å². The summed E-state index contributed by atoms with van der Waals surface area (Å²) in [7, 11) is 0. The van der Waals surface area contributed by atoms with Crippen molar-refractivity contribution >= 4 is 28.9 Å². The highest BCUT2D eigenvalue weighted by Crippen LogP contribution is 2.35. The maximum atomic E-state index is 13.7. The molecule has 3 nitrogen and oxygen atoms in total. The maximum absolute atomic E-state index is 13.7. The van der Waals surface area contributed by atoms with E-state index in [9.17, 15) is 18.3 Å². The molecular formula is C27H26ClF3N2OS. The molecule has 35 heavy (non-hydrogen) atoms. The molecule has 1 aliphatic carbocycles. The second-order valence-corrected chi connectivity index (χ2v) is 10.6. The van der Waals surface area contributed by atoms with Gasteiger partial charge in [-0.05, 0) is 73.6 Å². The zero-order chi connectivity index (χ0) is 25.4. The van der Waals surface area contributed by atoms with Gasteiger partial charge in [0.05, 0.1) is 11.3 Å². The predicted octanol–water partition coefficient (Wildman–Crippen LogP) is 7.44. The Morgan fingerprint density at radius 2 is 1.86 bits per heavy atom. The predicted molar refractivity (Wildman–Crippen MR) is 137 cm³/mol. The number of nitrogens with zero attached hydrogens (tertiary/aromatic N) is 2. The minimum Gasteiger partial charge on any atom is -0.384 e. The summed E-state index contributed by atoms with van der Waals surface area (Å²) in [6.07, 6.45) is 6.44. The summed E-state index contributed by atoms with van der Waals surface area (Å²) in [5.41, 5.74) is 1.46. The minimum absolute atomic E-state index is 0.0259. The van der Waals surface area contributed by atoms with Gasteiger partial charge in [-0.2, -0.15) is 24.9 Å². The van der Waals surface area contributed by atoms with Gasteiger partial charge < -0.3 is 9.67 Å². The molecule has 1 heterocycles. The standard InChI is InChI=1S/C27H26ClF3N2OS/c1-26(2,34)24-16-33(21-10-7-17(8-11-21)18-5-4-6-22(14-18)35-3)25(32-24)15-19-13-20(28)9-12-23(19)27(29,30)31/h4-13,16,22,34H,14-15H2,1-3H3. The summed E-state index contributed by atoms with van der Waals surface area (Å²) in [4.78, 5) is 4.52. The van der Waals surface area contributed by atoms with Crippen LogP contribution in [0.3, 0.4) is 0 Å². The van der Waals surface area contributed by atoms with E-state index in [0.29, 0.717) is 16.8 Å². The molecule has 0 amide bonds. The molecule has 2 aromatic carbocycles. The fourth-order valence-electron chi connectivity index (χ4n) is 4.08. The van der Waals surface area contributed by atoms with Crippen LogP contribution < -0.4 is 0 Å². The van der Waals surface area contributed by atoms with Crippen LogP contribution in [0.4, 0.5) is 13.2 Å². The smallest absolute Gasteiger partial charge is 0.384 e. The molecule has 1 aromatic heterocycles. The Balaban J connectivity index is 1.73. The summed E-state index contributed by atoms with van der Waals surface area (Å²) in [6.45, 7) is 3.19. The Morgan fingerprint density at radius 1 is 1.14 bits per heavy atom. The second kappa shape index (κ2) is 9.88. The Labute approximate surface area is 212 Å². The number of halogens is 4. The number of benzene rings is 2. The summed E-state index contributed by atoms with van der Waals surface area (Å²) < 4.78 is 42.7. The first kappa shape index (κ1) is 25.6. The monoisotopic (exact) mass is 518 g/mol. The van der Waals surface area contributed by atoms with E-state index in [0.717, 1.165) is 23.7 Å². The van der Waals surface area contributed by atoms with Crippen molar-refractivity contribution in [1.82, 2.24) is 9.55 Å². The average molecular weight is 519 g/mol. The highest BCUT2D eigenvalue weighted by Gasteiger charge is 2.34. The third-order valence-electron chi connectivity index (χ3n) is 5.99.